The summed E-state index contributed by atoms with van der Waals surface area (Å²) < 4.78 is 1.05. The topological polar surface area (TPSA) is 27.0 Å². The molecule has 1 fully saturated rings. The Morgan fingerprint density at radius 1 is 1.29 bits per heavy atom. The van der Waals surface area contributed by atoms with Crippen LogP contribution in [0, 0.1) is 18.3 Å². The van der Waals surface area contributed by atoms with Crippen LogP contribution in [0.2, 0.25) is 0 Å². The highest BCUT2D eigenvalue weighted by Gasteiger charge is 2.23. The molecule has 0 aliphatic carbocycles. The Hall–Kier alpha value is -0.850. The molecule has 1 unspecified atom stereocenters. The van der Waals surface area contributed by atoms with E-state index in [1.807, 2.05) is 0 Å². The average Bonchev–Trinajstić information content (AvgIpc) is 2.34. The van der Waals surface area contributed by atoms with Crippen LogP contribution in [0.4, 0.5) is 0 Å². The number of piperidine rings is 1. The third-order valence-electron chi connectivity index (χ3n) is 3.33. The predicted molar refractivity (Wildman–Crippen MR) is 72.7 cm³/mol. The highest BCUT2D eigenvalue weighted by molar-refractivity contribution is 9.10. The highest BCUT2D eigenvalue weighted by atomic mass is 79.9. The van der Waals surface area contributed by atoms with Crippen molar-refractivity contribution in [1.82, 2.24) is 4.90 Å². The average molecular weight is 293 g/mol. The molecule has 2 rings (SSSR count). The van der Waals surface area contributed by atoms with E-state index in [0.29, 0.717) is 0 Å². The molecule has 0 radical (unpaired) electrons. The zero-order valence-electron chi connectivity index (χ0n) is 10.1. The first-order valence-electron chi connectivity index (χ1n) is 6.12. The highest BCUT2D eigenvalue weighted by Crippen LogP contribution is 2.30. The van der Waals surface area contributed by atoms with E-state index in [1.54, 1.807) is 0 Å². The second kappa shape index (κ2) is 5.66. The molecule has 1 aromatic rings. The van der Waals surface area contributed by atoms with Crippen LogP contribution in [0.25, 0.3) is 0 Å². The Balaban J connectivity index is 2.25. The van der Waals surface area contributed by atoms with Crippen LogP contribution in [0.1, 0.15) is 36.4 Å². The quantitative estimate of drug-likeness (QED) is 0.829. The van der Waals surface area contributed by atoms with Gasteiger partial charge in [-0.2, -0.15) is 5.26 Å². The summed E-state index contributed by atoms with van der Waals surface area (Å²) in [6.07, 6.45) is 3.72. The number of aryl methyl sites for hydroxylation is 1. The second-order valence-electron chi connectivity index (χ2n) is 4.65. The number of likely N-dealkylation sites (tertiary alicyclic amines) is 1. The molecule has 2 nitrogen and oxygen atoms in total. The SMILES string of the molecule is Cc1ccc(C(C#N)N2CCCCC2)c(Br)c1. The lowest BCUT2D eigenvalue weighted by molar-refractivity contribution is 0.195. The van der Waals surface area contributed by atoms with Gasteiger partial charge < -0.3 is 0 Å². The Kier molecular flexibility index (Phi) is 4.20. The molecule has 0 spiro atoms. The third-order valence-corrected chi connectivity index (χ3v) is 4.02. The largest absolute Gasteiger partial charge is 0.284 e. The number of nitrogens with zero attached hydrogens (tertiary/aromatic N) is 2. The molecule has 0 aromatic heterocycles. The number of hydrogen-bond donors (Lipinski definition) is 0. The van der Waals surface area contributed by atoms with Crippen molar-refractivity contribution in [3.05, 3.63) is 33.8 Å². The molecule has 0 amide bonds. The normalized spacial score (nSPS) is 18.6. The van der Waals surface area contributed by atoms with Gasteiger partial charge in [0, 0.05) is 4.47 Å². The first-order chi connectivity index (χ1) is 8.22. The van der Waals surface area contributed by atoms with Gasteiger partial charge in [0.2, 0.25) is 0 Å². The van der Waals surface area contributed by atoms with Crippen molar-refractivity contribution < 1.29 is 0 Å². The monoisotopic (exact) mass is 292 g/mol. The summed E-state index contributed by atoms with van der Waals surface area (Å²) in [7, 11) is 0. The van der Waals surface area contributed by atoms with Gasteiger partial charge in [-0.3, -0.25) is 4.90 Å². The fourth-order valence-corrected chi connectivity index (χ4v) is 3.09. The number of benzene rings is 1. The van der Waals surface area contributed by atoms with Gasteiger partial charge in [0.25, 0.3) is 0 Å². The van der Waals surface area contributed by atoms with E-state index in [4.69, 9.17) is 0 Å². The maximum Gasteiger partial charge on any atom is 0.124 e. The number of nitriles is 1. The van der Waals surface area contributed by atoms with E-state index < -0.39 is 0 Å². The first-order valence-corrected chi connectivity index (χ1v) is 6.91. The Morgan fingerprint density at radius 3 is 2.59 bits per heavy atom. The van der Waals surface area contributed by atoms with Gasteiger partial charge >= 0.3 is 0 Å². The van der Waals surface area contributed by atoms with Gasteiger partial charge in [-0.15, -0.1) is 0 Å². The second-order valence-corrected chi connectivity index (χ2v) is 5.51. The molecule has 3 heteroatoms. The molecular weight excluding hydrogens is 276 g/mol. The van der Waals surface area contributed by atoms with Crippen LogP contribution >= 0.6 is 15.9 Å². The number of hydrogen-bond acceptors (Lipinski definition) is 2. The molecular formula is C14H17BrN2. The van der Waals surface area contributed by atoms with Gasteiger partial charge in [0.15, 0.2) is 0 Å². The van der Waals surface area contributed by atoms with Crippen LogP contribution < -0.4 is 0 Å². The maximum absolute atomic E-state index is 9.41. The van der Waals surface area contributed by atoms with Crippen molar-refractivity contribution >= 4 is 15.9 Å². The van der Waals surface area contributed by atoms with E-state index in [1.165, 1.54) is 24.8 Å². The zero-order chi connectivity index (χ0) is 12.3. The molecule has 90 valence electrons. The van der Waals surface area contributed by atoms with Gasteiger partial charge in [0.1, 0.15) is 6.04 Å². The predicted octanol–water partition coefficient (Wildman–Crippen LogP) is 3.81. The van der Waals surface area contributed by atoms with Crippen LogP contribution in [0.5, 0.6) is 0 Å². The lowest BCUT2D eigenvalue weighted by atomic mass is 10.0. The summed E-state index contributed by atoms with van der Waals surface area (Å²) in [6.45, 7) is 4.15. The summed E-state index contributed by atoms with van der Waals surface area (Å²) in [5.74, 6) is 0. The first kappa shape index (κ1) is 12.6. The van der Waals surface area contributed by atoms with E-state index in [-0.39, 0.29) is 6.04 Å². The van der Waals surface area contributed by atoms with E-state index >= 15 is 0 Å². The van der Waals surface area contributed by atoms with Crippen LogP contribution in [0.15, 0.2) is 22.7 Å². The van der Waals surface area contributed by atoms with Gasteiger partial charge in [0.05, 0.1) is 6.07 Å². The Labute approximate surface area is 111 Å². The molecule has 17 heavy (non-hydrogen) atoms. The molecule has 1 atom stereocenters. The smallest absolute Gasteiger partial charge is 0.124 e. The van der Waals surface area contributed by atoms with Gasteiger partial charge in [-0.25, -0.2) is 0 Å². The number of rotatable bonds is 2. The summed E-state index contributed by atoms with van der Waals surface area (Å²) in [5.41, 5.74) is 2.32. The summed E-state index contributed by atoms with van der Waals surface area (Å²) >= 11 is 3.58. The van der Waals surface area contributed by atoms with Gasteiger partial charge in [-0.05, 0) is 50.0 Å². The fraction of sp³-hybridized carbons (Fsp3) is 0.500. The lowest BCUT2D eigenvalue weighted by Gasteiger charge is -2.31. The Bertz CT molecular complexity index is 430. The fourth-order valence-electron chi connectivity index (χ4n) is 2.38. The maximum atomic E-state index is 9.41. The summed E-state index contributed by atoms with van der Waals surface area (Å²) in [5, 5.41) is 9.41. The summed E-state index contributed by atoms with van der Waals surface area (Å²) in [6, 6.07) is 8.57. The van der Waals surface area contributed by atoms with Crippen LogP contribution in [-0.4, -0.2) is 18.0 Å². The molecule has 1 saturated heterocycles. The van der Waals surface area contributed by atoms with Crippen molar-refractivity contribution in [3.8, 4) is 6.07 Å². The molecule has 1 aliphatic rings. The summed E-state index contributed by atoms with van der Waals surface area (Å²) in [4.78, 5) is 2.29. The van der Waals surface area contributed by atoms with Crippen molar-refractivity contribution in [3.63, 3.8) is 0 Å². The third kappa shape index (κ3) is 2.88. The standard InChI is InChI=1S/C14H17BrN2/c1-11-5-6-12(13(15)9-11)14(10-16)17-7-3-2-4-8-17/h5-6,9,14H,2-4,7-8H2,1H3. The van der Waals surface area contributed by atoms with Crippen LogP contribution in [0.3, 0.4) is 0 Å². The van der Waals surface area contributed by atoms with Crippen LogP contribution in [-0.2, 0) is 0 Å². The minimum absolute atomic E-state index is 0.106. The van der Waals surface area contributed by atoms with Crippen molar-refractivity contribution in [2.45, 2.75) is 32.2 Å². The van der Waals surface area contributed by atoms with Crippen molar-refractivity contribution in [2.24, 2.45) is 0 Å². The van der Waals surface area contributed by atoms with E-state index in [2.05, 4.69) is 52.0 Å². The van der Waals surface area contributed by atoms with Gasteiger partial charge in [-0.1, -0.05) is 34.5 Å². The molecule has 1 heterocycles. The molecule has 0 bridgehead atoms. The molecule has 0 N–H and O–H groups in total. The minimum atomic E-state index is -0.106. The minimum Gasteiger partial charge on any atom is -0.284 e. The molecule has 0 saturated carbocycles. The van der Waals surface area contributed by atoms with Crippen molar-refractivity contribution in [1.29, 1.82) is 5.26 Å². The van der Waals surface area contributed by atoms with Crippen molar-refractivity contribution in [2.75, 3.05) is 13.1 Å². The molecule has 1 aliphatic heterocycles. The van der Waals surface area contributed by atoms with E-state index in [9.17, 15) is 5.26 Å². The Morgan fingerprint density at radius 2 is 2.00 bits per heavy atom. The lowest BCUT2D eigenvalue weighted by Crippen LogP contribution is -2.33. The van der Waals surface area contributed by atoms with E-state index in [0.717, 1.165) is 23.1 Å². The zero-order valence-corrected chi connectivity index (χ0v) is 11.7. The number of halogens is 1. The molecule has 1 aromatic carbocycles.